The van der Waals surface area contributed by atoms with Crippen molar-refractivity contribution in [2.24, 2.45) is 30.5 Å². The number of ether oxygens (including phenoxy) is 2. The molecule has 2 aromatic heterocycles. The van der Waals surface area contributed by atoms with Gasteiger partial charge in [0.25, 0.3) is 11.8 Å². The highest BCUT2D eigenvalue weighted by molar-refractivity contribution is 6.30. The molecule has 4 heterocycles. The molecule has 21 nitrogen and oxygen atoms in total. The second-order valence-corrected chi connectivity index (χ2v) is 23.6. The fourth-order valence-electron chi connectivity index (χ4n) is 11.3. The first-order valence-electron chi connectivity index (χ1n) is 29.3. The number of primary amides is 1. The van der Waals surface area contributed by atoms with Crippen molar-refractivity contribution in [3.63, 3.8) is 0 Å². The fraction of sp³-hybridized carbons (Fsp3) is 0.460. The van der Waals surface area contributed by atoms with Gasteiger partial charge in [-0.15, -0.1) is 0 Å². The Kier molecular flexibility index (Phi) is 23.3. The number of amides is 8. The van der Waals surface area contributed by atoms with Crippen molar-refractivity contribution < 1.29 is 61.0 Å². The van der Waals surface area contributed by atoms with Crippen LogP contribution in [0.5, 0.6) is 0 Å². The number of nitrogens with one attached hydrogen (secondary N) is 4. The lowest BCUT2D eigenvalue weighted by Crippen LogP contribution is -2.54. The summed E-state index contributed by atoms with van der Waals surface area (Å²) in [6.07, 6.45) is 5.39. The lowest BCUT2D eigenvalue weighted by atomic mass is 9.72. The molecule has 88 heavy (non-hydrogen) atoms. The van der Waals surface area contributed by atoms with Crippen LogP contribution in [0.4, 0.5) is 28.4 Å². The smallest absolute Gasteiger partial charge is 0.410 e. The van der Waals surface area contributed by atoms with Crippen LogP contribution in [0.15, 0.2) is 91.1 Å². The van der Waals surface area contributed by atoms with Gasteiger partial charge in [0.05, 0.1) is 28.9 Å². The third-order valence-corrected chi connectivity index (χ3v) is 16.2. The summed E-state index contributed by atoms with van der Waals surface area (Å²) in [4.78, 5) is 112. The third kappa shape index (κ3) is 17.7. The first kappa shape index (κ1) is 67.1. The number of ketones is 1. The molecule has 8 amide bonds. The van der Waals surface area contributed by atoms with E-state index in [2.05, 4.69) is 26.4 Å². The van der Waals surface area contributed by atoms with Crippen molar-refractivity contribution in [3.05, 3.63) is 136 Å². The maximum Gasteiger partial charge on any atom is 0.410 e. The summed E-state index contributed by atoms with van der Waals surface area (Å²) >= 11 is 6.38. The van der Waals surface area contributed by atoms with Crippen molar-refractivity contribution in [1.82, 2.24) is 45.1 Å². The quantitative estimate of drug-likeness (QED) is 0.0165. The summed E-state index contributed by atoms with van der Waals surface area (Å²) in [6, 6.07) is 14.3. The number of methoxy groups -OCH3 is 1. The third-order valence-electron chi connectivity index (χ3n) is 15.9. The van der Waals surface area contributed by atoms with Crippen molar-refractivity contribution >= 4 is 64.7 Å². The number of nitrogens with two attached hydrogens (primary N) is 1. The van der Waals surface area contributed by atoms with Crippen LogP contribution in [0.1, 0.15) is 118 Å². The highest BCUT2D eigenvalue weighted by Crippen LogP contribution is 2.45. The van der Waals surface area contributed by atoms with Gasteiger partial charge in [-0.2, -0.15) is 5.10 Å². The molecular weight excluding hydrogens is 1160 g/mol. The van der Waals surface area contributed by atoms with Crippen molar-refractivity contribution in [2.75, 3.05) is 38.7 Å². The van der Waals surface area contributed by atoms with Crippen molar-refractivity contribution in [3.8, 4) is 11.3 Å². The van der Waals surface area contributed by atoms with E-state index in [-0.39, 0.29) is 110 Å². The van der Waals surface area contributed by atoms with Gasteiger partial charge >= 0.3 is 12.1 Å². The summed E-state index contributed by atoms with van der Waals surface area (Å²) in [5, 5.41) is 15.5. The molecule has 0 aliphatic carbocycles. The second-order valence-electron chi connectivity index (χ2n) is 23.2. The number of carbonyl (C=O) groups excluding carboxylic acids is 8. The van der Waals surface area contributed by atoms with Gasteiger partial charge in [-0.25, -0.2) is 27.7 Å². The van der Waals surface area contributed by atoms with Gasteiger partial charge in [0.1, 0.15) is 48.5 Å². The Balaban J connectivity index is 1.03. The number of halogens is 4. The van der Waals surface area contributed by atoms with Crippen LogP contribution >= 0.6 is 11.6 Å². The van der Waals surface area contributed by atoms with Crippen LogP contribution in [0.3, 0.4) is 0 Å². The Morgan fingerprint density at radius 2 is 1.62 bits per heavy atom. The molecule has 7 rings (SSSR count). The number of aromatic nitrogens is 4. The summed E-state index contributed by atoms with van der Waals surface area (Å²) in [6.45, 7) is 8.10. The predicted molar refractivity (Wildman–Crippen MR) is 322 cm³/mol. The zero-order valence-electron chi connectivity index (χ0n) is 50.5. The van der Waals surface area contributed by atoms with E-state index in [4.69, 9.17) is 31.8 Å². The molecule has 0 bridgehead atoms. The fourth-order valence-corrected chi connectivity index (χ4v) is 11.4. The van der Waals surface area contributed by atoms with E-state index in [1.165, 1.54) is 59.2 Å². The van der Waals surface area contributed by atoms with Crippen LogP contribution in [-0.4, -0.2) is 134 Å². The zero-order chi connectivity index (χ0) is 64.0. The Morgan fingerprint density at radius 1 is 0.898 bits per heavy atom. The van der Waals surface area contributed by atoms with Crippen LogP contribution in [-0.2, 0) is 53.6 Å². The van der Waals surface area contributed by atoms with E-state index < -0.39 is 89.6 Å². The molecule has 25 heteroatoms. The van der Waals surface area contributed by atoms with E-state index in [9.17, 15) is 38.0 Å². The normalized spacial score (nSPS) is 16.4. The van der Waals surface area contributed by atoms with Gasteiger partial charge in [-0.1, -0.05) is 56.1 Å². The highest BCUT2D eigenvalue weighted by Gasteiger charge is 2.48. The number of alkyl halides is 1. The minimum absolute atomic E-state index is 0.0110. The molecule has 0 saturated carbocycles. The Hall–Kier alpha value is -8.38. The standard InChI is InChI=1S/C63H77ClF3N11O10/c1-37(2)56(73-52(79)16-9-8-10-26-77-53(80)23-24-54(77)81)60(84)72-49(15-12-25-69-61(68)85)59(83)70-44-20-17-39(18-21-44)36-88-62(86)78-34-41(29-45(78)32-65)30-47(57(82)51-27-38(3)74-75(51)6)55(63(4,5)87-7)58-71-50(46-31-42(64)19-22-48(46)67)35-76(58)33-40-13-11-14-43(66)28-40/h11,13-14,17-24,27-28,31,35,37,41,45,47,49,55-56H,8-10,12,15-16,25-26,29-30,32-34,36H2,1-7H3,(H,70,83)(H,72,84)(H,73,79)(H3,68,69,85)/t41-,45+,47?,49+,55?,56+/m1/s1. The molecule has 2 aliphatic heterocycles. The average molecular weight is 1240 g/mol. The van der Waals surface area contributed by atoms with E-state index in [0.29, 0.717) is 47.6 Å². The predicted octanol–water partition coefficient (Wildman–Crippen LogP) is 8.46. The van der Waals surface area contributed by atoms with Gasteiger partial charge in [0, 0.05) is 87.3 Å². The number of imidazole rings is 1. The largest absolute Gasteiger partial charge is 0.445 e. The topological polar surface area (TPSA) is 271 Å². The number of hydrogen-bond donors (Lipinski definition) is 5. The van der Waals surface area contributed by atoms with E-state index in [0.717, 1.165) is 4.90 Å². The maximum atomic E-state index is 15.7. The van der Waals surface area contributed by atoms with E-state index in [1.807, 2.05) is 0 Å². The molecular formula is C63H77ClF3N11O10. The Labute approximate surface area is 514 Å². The number of anilines is 1. The van der Waals surface area contributed by atoms with E-state index >= 15 is 13.6 Å². The van der Waals surface area contributed by atoms with Gasteiger partial charge in [0.2, 0.25) is 17.7 Å². The number of benzene rings is 3. The number of urea groups is 1. The summed E-state index contributed by atoms with van der Waals surface area (Å²) < 4.78 is 60.7. The number of aryl methyl sites for hydroxylation is 2. The maximum absolute atomic E-state index is 15.7. The van der Waals surface area contributed by atoms with Crippen molar-refractivity contribution in [1.29, 1.82) is 0 Å². The molecule has 2 unspecified atom stereocenters. The monoisotopic (exact) mass is 1240 g/mol. The highest BCUT2D eigenvalue weighted by atomic mass is 35.5. The lowest BCUT2D eigenvalue weighted by molar-refractivity contribution is -0.137. The molecule has 3 aromatic carbocycles. The number of likely N-dealkylation sites (tertiary alicyclic amines) is 1. The first-order valence-corrected chi connectivity index (χ1v) is 29.7. The SMILES string of the molecule is COC(C)(C)C(c1nc(-c2cc(Cl)ccc2F)cn1Cc1cccc(F)c1)C(C[C@H]1C[C@@H](CF)N(C(=O)OCc2ccc(NC(=O)[C@H](CCCNC(N)=O)NC(=O)[C@@H](NC(=O)CCCCCN3C(=O)C=CC3=O)C(C)C)cc2)C1)C(=O)c1cc(C)nn1C. The van der Waals surface area contributed by atoms with Crippen LogP contribution < -0.4 is 27.0 Å². The van der Waals surface area contributed by atoms with E-state index in [1.54, 1.807) is 94.9 Å². The molecule has 6 N–H and O–H groups in total. The van der Waals surface area contributed by atoms with Crippen LogP contribution in [0.25, 0.3) is 11.3 Å². The second kappa shape index (κ2) is 30.5. The molecule has 472 valence electrons. The number of rotatable bonds is 30. The van der Waals surface area contributed by atoms with Gasteiger partial charge in [0.15, 0.2) is 5.78 Å². The van der Waals surface area contributed by atoms with Crippen LogP contribution in [0.2, 0.25) is 5.02 Å². The first-order chi connectivity index (χ1) is 41.8. The lowest BCUT2D eigenvalue weighted by Gasteiger charge is -2.38. The summed E-state index contributed by atoms with van der Waals surface area (Å²) in [5.74, 6) is -6.20. The van der Waals surface area contributed by atoms with Gasteiger partial charge in [-0.3, -0.25) is 38.3 Å². The number of carbonyl (C=O) groups is 8. The summed E-state index contributed by atoms with van der Waals surface area (Å²) in [5.41, 5.74) is 6.61. The summed E-state index contributed by atoms with van der Waals surface area (Å²) in [7, 11) is 3.15. The molecule has 5 aromatic rings. The number of hydrogen-bond acceptors (Lipinski definition) is 12. The zero-order valence-corrected chi connectivity index (χ0v) is 51.2. The van der Waals surface area contributed by atoms with Crippen molar-refractivity contribution in [2.45, 2.75) is 129 Å². The minimum atomic E-state index is -1.18. The molecule has 2 aliphatic rings. The molecule has 0 radical (unpaired) electrons. The van der Waals surface area contributed by atoms with Gasteiger partial charge < -0.3 is 45.9 Å². The molecule has 0 spiro atoms. The van der Waals surface area contributed by atoms with Crippen LogP contribution in [0, 0.1) is 36.3 Å². The number of imide groups is 1. The number of unbranched alkanes of at least 4 members (excludes halogenated alkanes) is 2. The number of nitrogens with zero attached hydrogens (tertiary/aromatic N) is 6. The minimum Gasteiger partial charge on any atom is -0.445 e. The molecule has 6 atom stereocenters. The molecule has 1 saturated heterocycles. The average Bonchev–Trinajstić information content (AvgIpc) is 1.97. The molecule has 1 fully saturated rings. The van der Waals surface area contributed by atoms with Gasteiger partial charge in [-0.05, 0) is 131 Å². The number of Topliss-reactive ketones (excluding diaryl/α,β-unsaturated/α-hetero) is 1. The Bertz CT molecular complexity index is 3350. The Morgan fingerprint density at radius 3 is 2.27 bits per heavy atom.